The smallest absolute Gasteiger partial charge is 0.338 e. The van der Waals surface area contributed by atoms with Gasteiger partial charge in [0, 0.05) is 50.5 Å². The Hall–Kier alpha value is -3.43. The summed E-state index contributed by atoms with van der Waals surface area (Å²) in [5.41, 5.74) is 1.27. The molecule has 0 aromatic heterocycles. The lowest BCUT2D eigenvalue weighted by molar-refractivity contribution is -0.139. The second-order valence-electron chi connectivity index (χ2n) is 9.11. The highest BCUT2D eigenvalue weighted by Gasteiger charge is 2.39. The van der Waals surface area contributed by atoms with E-state index in [2.05, 4.69) is 10.2 Å². The van der Waals surface area contributed by atoms with Crippen LogP contribution in [0.1, 0.15) is 35.8 Å². The molecule has 0 saturated carbocycles. The zero-order valence-corrected chi connectivity index (χ0v) is 21.8. The number of nitrogens with one attached hydrogen (secondary N) is 1. The molecule has 1 N–H and O–H groups in total. The normalized spacial score (nSPS) is 20.6. The number of hydrogen-bond acceptors (Lipinski definition) is 5. The monoisotopic (exact) mass is 528 g/mol. The Kier molecular flexibility index (Phi) is 8.14. The van der Waals surface area contributed by atoms with Gasteiger partial charge in [-0.25, -0.2) is 14.0 Å². The molecule has 2 aromatic rings. The van der Waals surface area contributed by atoms with Gasteiger partial charge in [-0.3, -0.25) is 14.6 Å². The SMILES string of the molecule is CCOC(=O)C1=C(CN2CCN(C(=O)c3ccccc3Cl)C(C)C2)N(C)C(=O)NC1c1ccccc1F. The number of nitrogens with zero attached hydrogens (tertiary/aromatic N) is 3. The number of carbonyl (C=O) groups is 3. The molecule has 10 heteroatoms. The first kappa shape index (κ1) is 26.6. The standard InChI is InChI=1S/C27H30ClFN4O4/c1-4-37-26(35)23-22(31(3)27(36)30-24(23)19-10-6-8-12-21(19)29)16-32-13-14-33(17(2)15-32)25(34)18-9-5-7-11-20(18)28/h5-12,17,24H,4,13-16H2,1-3H3,(H,30,36). The number of benzene rings is 2. The van der Waals surface area contributed by atoms with E-state index in [0.29, 0.717) is 35.9 Å². The van der Waals surface area contributed by atoms with Crippen LogP contribution in [0.3, 0.4) is 0 Å². The third kappa shape index (κ3) is 5.47. The van der Waals surface area contributed by atoms with Crippen molar-refractivity contribution >= 4 is 29.5 Å². The van der Waals surface area contributed by atoms with E-state index in [9.17, 15) is 18.8 Å². The lowest BCUT2D eigenvalue weighted by Gasteiger charge is -2.42. The number of amides is 3. The van der Waals surface area contributed by atoms with E-state index >= 15 is 0 Å². The first-order chi connectivity index (χ1) is 17.7. The quantitative estimate of drug-likeness (QED) is 0.576. The molecule has 2 aliphatic heterocycles. The van der Waals surface area contributed by atoms with Crippen molar-refractivity contribution in [2.24, 2.45) is 0 Å². The first-order valence-electron chi connectivity index (χ1n) is 12.2. The summed E-state index contributed by atoms with van der Waals surface area (Å²) in [6.07, 6.45) is 0. The minimum Gasteiger partial charge on any atom is -0.463 e. The molecule has 2 atom stereocenters. The van der Waals surface area contributed by atoms with Gasteiger partial charge in [0.15, 0.2) is 0 Å². The summed E-state index contributed by atoms with van der Waals surface area (Å²) in [7, 11) is 1.57. The summed E-state index contributed by atoms with van der Waals surface area (Å²) in [6, 6.07) is 11.4. The number of esters is 1. The molecular weight excluding hydrogens is 499 g/mol. The summed E-state index contributed by atoms with van der Waals surface area (Å²) in [6.45, 7) is 5.49. The Morgan fingerprint density at radius 2 is 1.84 bits per heavy atom. The van der Waals surface area contributed by atoms with Crippen molar-refractivity contribution in [1.29, 1.82) is 0 Å². The summed E-state index contributed by atoms with van der Waals surface area (Å²) in [5.74, 6) is -1.28. The zero-order valence-electron chi connectivity index (χ0n) is 21.0. The second-order valence-corrected chi connectivity index (χ2v) is 9.51. The molecule has 0 spiro atoms. The van der Waals surface area contributed by atoms with Crippen LogP contribution in [0.2, 0.25) is 5.02 Å². The van der Waals surface area contributed by atoms with Crippen LogP contribution in [0.15, 0.2) is 59.8 Å². The molecule has 1 saturated heterocycles. The van der Waals surface area contributed by atoms with Crippen LogP contribution in [0, 0.1) is 5.82 Å². The van der Waals surface area contributed by atoms with Crippen molar-refractivity contribution in [1.82, 2.24) is 20.0 Å². The molecule has 1 fully saturated rings. The van der Waals surface area contributed by atoms with Gasteiger partial charge in [0.25, 0.3) is 5.91 Å². The lowest BCUT2D eigenvalue weighted by atomic mass is 9.93. The molecule has 0 radical (unpaired) electrons. The van der Waals surface area contributed by atoms with Crippen molar-refractivity contribution in [2.75, 3.05) is 39.8 Å². The molecular formula is C27H30ClFN4O4. The molecule has 2 aromatic carbocycles. The van der Waals surface area contributed by atoms with E-state index in [0.717, 1.165) is 0 Å². The summed E-state index contributed by atoms with van der Waals surface area (Å²) in [4.78, 5) is 44.4. The second kappa shape index (κ2) is 11.3. The maximum atomic E-state index is 14.7. The Morgan fingerprint density at radius 1 is 1.14 bits per heavy atom. The third-order valence-corrected chi connectivity index (χ3v) is 7.07. The van der Waals surface area contributed by atoms with Gasteiger partial charge in [-0.05, 0) is 32.0 Å². The average molecular weight is 529 g/mol. The average Bonchev–Trinajstić information content (AvgIpc) is 2.87. The molecule has 3 amide bonds. The number of halogens is 2. The van der Waals surface area contributed by atoms with Crippen LogP contribution in [0.4, 0.5) is 9.18 Å². The third-order valence-electron chi connectivity index (χ3n) is 6.74. The van der Waals surface area contributed by atoms with Crippen LogP contribution in [0.25, 0.3) is 0 Å². The zero-order chi connectivity index (χ0) is 26.7. The number of ether oxygens (including phenoxy) is 1. The number of carbonyl (C=O) groups excluding carboxylic acids is 3. The van der Waals surface area contributed by atoms with Crippen LogP contribution < -0.4 is 5.32 Å². The van der Waals surface area contributed by atoms with E-state index in [4.69, 9.17) is 16.3 Å². The summed E-state index contributed by atoms with van der Waals surface area (Å²) < 4.78 is 20.1. The van der Waals surface area contributed by atoms with Crippen LogP contribution in [-0.2, 0) is 9.53 Å². The molecule has 4 rings (SSSR count). The Bertz CT molecular complexity index is 1240. The van der Waals surface area contributed by atoms with Crippen molar-refractivity contribution in [3.63, 3.8) is 0 Å². The Morgan fingerprint density at radius 3 is 2.51 bits per heavy atom. The highest BCUT2D eigenvalue weighted by molar-refractivity contribution is 6.33. The molecule has 2 unspecified atom stereocenters. The molecule has 0 aliphatic carbocycles. The van der Waals surface area contributed by atoms with Gasteiger partial charge in [0.2, 0.25) is 0 Å². The van der Waals surface area contributed by atoms with Gasteiger partial charge in [-0.2, -0.15) is 0 Å². The van der Waals surface area contributed by atoms with Crippen LogP contribution in [0.5, 0.6) is 0 Å². The van der Waals surface area contributed by atoms with Gasteiger partial charge in [-0.1, -0.05) is 41.9 Å². The van der Waals surface area contributed by atoms with Crippen molar-refractivity contribution in [3.05, 3.63) is 81.8 Å². The molecule has 0 bridgehead atoms. The molecule has 2 aliphatic rings. The Labute approximate surface area is 220 Å². The molecule has 8 nitrogen and oxygen atoms in total. The van der Waals surface area contributed by atoms with Crippen molar-refractivity contribution < 1.29 is 23.5 Å². The predicted octanol–water partition coefficient (Wildman–Crippen LogP) is 3.84. The number of rotatable bonds is 6. The Balaban J connectivity index is 1.62. The fraction of sp³-hybridized carbons (Fsp3) is 0.370. The molecule has 37 heavy (non-hydrogen) atoms. The maximum absolute atomic E-state index is 14.7. The number of hydrogen-bond donors (Lipinski definition) is 1. The largest absolute Gasteiger partial charge is 0.463 e. The highest BCUT2D eigenvalue weighted by Crippen LogP contribution is 2.33. The molecule has 196 valence electrons. The van der Waals surface area contributed by atoms with Gasteiger partial charge < -0.3 is 15.0 Å². The van der Waals surface area contributed by atoms with Gasteiger partial charge >= 0.3 is 12.0 Å². The van der Waals surface area contributed by atoms with Gasteiger partial charge in [-0.15, -0.1) is 0 Å². The summed E-state index contributed by atoms with van der Waals surface area (Å²) >= 11 is 6.24. The van der Waals surface area contributed by atoms with Crippen LogP contribution in [-0.4, -0.2) is 78.5 Å². The minimum atomic E-state index is -0.987. The summed E-state index contributed by atoms with van der Waals surface area (Å²) in [5, 5.41) is 3.14. The van der Waals surface area contributed by atoms with Crippen LogP contribution >= 0.6 is 11.6 Å². The lowest BCUT2D eigenvalue weighted by Crippen LogP contribution is -2.56. The van der Waals surface area contributed by atoms with E-state index in [1.165, 1.54) is 11.0 Å². The topological polar surface area (TPSA) is 82.2 Å². The van der Waals surface area contributed by atoms with E-state index < -0.39 is 23.9 Å². The number of urea groups is 1. The van der Waals surface area contributed by atoms with Gasteiger partial charge in [0.05, 0.1) is 28.8 Å². The maximum Gasteiger partial charge on any atom is 0.338 e. The number of likely N-dealkylation sites (N-methyl/N-ethyl adjacent to an activating group) is 1. The fourth-order valence-corrected chi connectivity index (χ4v) is 5.04. The fourth-order valence-electron chi connectivity index (χ4n) is 4.82. The number of piperazine rings is 1. The first-order valence-corrected chi connectivity index (χ1v) is 12.6. The van der Waals surface area contributed by atoms with E-state index in [1.54, 1.807) is 61.3 Å². The van der Waals surface area contributed by atoms with Crippen molar-refractivity contribution in [3.8, 4) is 0 Å². The van der Waals surface area contributed by atoms with Gasteiger partial charge in [0.1, 0.15) is 5.82 Å². The highest BCUT2D eigenvalue weighted by atomic mass is 35.5. The van der Waals surface area contributed by atoms with E-state index in [1.807, 2.05) is 6.92 Å². The van der Waals surface area contributed by atoms with E-state index in [-0.39, 0.29) is 36.2 Å². The molecule has 2 heterocycles. The minimum absolute atomic E-state index is 0.136. The van der Waals surface area contributed by atoms with Crippen molar-refractivity contribution in [2.45, 2.75) is 25.9 Å². The predicted molar refractivity (Wildman–Crippen MR) is 137 cm³/mol.